The topological polar surface area (TPSA) is 107 Å². The van der Waals surface area contributed by atoms with Gasteiger partial charge in [-0.3, -0.25) is 9.36 Å². The van der Waals surface area contributed by atoms with E-state index in [0.29, 0.717) is 40.3 Å². The first-order valence-corrected chi connectivity index (χ1v) is 9.79. The molecule has 31 heavy (non-hydrogen) atoms. The first-order chi connectivity index (χ1) is 15.2. The molecule has 0 aliphatic carbocycles. The number of benzene rings is 2. The highest BCUT2D eigenvalue weighted by Gasteiger charge is 2.17. The average Bonchev–Trinajstić information content (AvgIpc) is 3.32. The van der Waals surface area contributed by atoms with Crippen LogP contribution in [0.15, 0.2) is 76.1 Å². The van der Waals surface area contributed by atoms with E-state index in [1.54, 1.807) is 60.7 Å². The maximum atomic E-state index is 13.1. The van der Waals surface area contributed by atoms with Crippen LogP contribution in [-0.2, 0) is 17.9 Å². The van der Waals surface area contributed by atoms with Crippen LogP contribution in [0, 0.1) is 0 Å². The highest BCUT2D eigenvalue weighted by atomic mass is 16.5. The van der Waals surface area contributed by atoms with Gasteiger partial charge in [0.15, 0.2) is 5.82 Å². The largest absolute Gasteiger partial charge is 0.467 e. The monoisotopic (exact) mass is 419 g/mol. The molecule has 158 valence electrons. The predicted molar refractivity (Wildman–Crippen MR) is 115 cm³/mol. The maximum Gasteiger partial charge on any atom is 0.340 e. The van der Waals surface area contributed by atoms with Gasteiger partial charge in [0.2, 0.25) is 0 Å². The lowest BCUT2D eigenvalue weighted by Crippen LogP contribution is -2.27. The highest BCUT2D eigenvalue weighted by molar-refractivity contribution is 5.95. The molecule has 4 aromatic rings. The molecule has 0 aliphatic rings. The number of ether oxygens (including phenoxy) is 1. The van der Waals surface area contributed by atoms with Crippen molar-refractivity contribution in [3.63, 3.8) is 0 Å². The van der Waals surface area contributed by atoms with Crippen LogP contribution in [0.25, 0.3) is 10.9 Å². The van der Waals surface area contributed by atoms with E-state index in [0.717, 1.165) is 0 Å². The van der Waals surface area contributed by atoms with E-state index >= 15 is 0 Å². The fourth-order valence-electron chi connectivity index (χ4n) is 3.26. The minimum atomic E-state index is -0.562. The van der Waals surface area contributed by atoms with E-state index in [1.165, 1.54) is 10.8 Å². The Kier molecular flexibility index (Phi) is 6.09. The number of aromatic nitrogens is 2. The number of anilines is 1. The second-order valence-corrected chi connectivity index (χ2v) is 6.79. The van der Waals surface area contributed by atoms with Gasteiger partial charge in [-0.05, 0) is 36.4 Å². The molecule has 0 unspecified atom stereocenters. The van der Waals surface area contributed by atoms with Crippen molar-refractivity contribution in [2.24, 2.45) is 0 Å². The molecule has 0 spiro atoms. The molecule has 4 rings (SSSR count). The number of aliphatic hydroxyl groups is 1. The zero-order valence-electron chi connectivity index (χ0n) is 16.7. The van der Waals surface area contributed by atoms with Crippen LogP contribution in [0.1, 0.15) is 21.9 Å². The SMILES string of the molecule is O=C(OCc1nc2ccccc2c(=O)n1Cc1ccco1)c1ccccc1NCCO. The van der Waals surface area contributed by atoms with E-state index < -0.39 is 5.97 Å². The molecule has 0 saturated heterocycles. The summed E-state index contributed by atoms with van der Waals surface area (Å²) in [6, 6.07) is 17.4. The third kappa shape index (κ3) is 4.49. The van der Waals surface area contributed by atoms with Crippen LogP contribution >= 0.6 is 0 Å². The molecular formula is C23H21N3O5. The van der Waals surface area contributed by atoms with Crippen molar-refractivity contribution in [3.8, 4) is 0 Å². The van der Waals surface area contributed by atoms with Crippen molar-refractivity contribution in [1.82, 2.24) is 9.55 Å². The quantitative estimate of drug-likeness (QED) is 0.423. The predicted octanol–water partition coefficient (Wildman–Crippen LogP) is 2.80. The molecule has 2 aromatic carbocycles. The molecule has 2 aromatic heterocycles. The van der Waals surface area contributed by atoms with Crippen molar-refractivity contribution in [3.05, 3.63) is 94.4 Å². The number of carbonyl (C=O) groups excluding carboxylic acids is 1. The maximum absolute atomic E-state index is 13.1. The number of carbonyl (C=O) groups is 1. The number of nitrogens with one attached hydrogen (secondary N) is 1. The summed E-state index contributed by atoms with van der Waals surface area (Å²) in [5, 5.41) is 12.5. The summed E-state index contributed by atoms with van der Waals surface area (Å²) < 4.78 is 12.3. The smallest absolute Gasteiger partial charge is 0.340 e. The van der Waals surface area contributed by atoms with Gasteiger partial charge < -0.3 is 19.6 Å². The number of hydrogen-bond donors (Lipinski definition) is 2. The Morgan fingerprint density at radius 1 is 1.10 bits per heavy atom. The first kappa shape index (κ1) is 20.4. The first-order valence-electron chi connectivity index (χ1n) is 9.79. The Morgan fingerprint density at radius 3 is 2.71 bits per heavy atom. The zero-order valence-corrected chi connectivity index (χ0v) is 16.7. The van der Waals surface area contributed by atoms with Crippen molar-refractivity contribution < 1.29 is 19.1 Å². The summed E-state index contributed by atoms with van der Waals surface area (Å²) in [6.45, 7) is 0.224. The number of aliphatic hydroxyl groups excluding tert-OH is 1. The second kappa shape index (κ2) is 9.27. The molecule has 2 heterocycles. The number of para-hydroxylation sites is 2. The Labute approximate surface area is 177 Å². The summed E-state index contributed by atoms with van der Waals surface area (Å²) in [5.74, 6) is 0.340. The van der Waals surface area contributed by atoms with Gasteiger partial charge >= 0.3 is 5.97 Å². The van der Waals surface area contributed by atoms with Gasteiger partial charge in [0.1, 0.15) is 12.4 Å². The average molecular weight is 419 g/mol. The van der Waals surface area contributed by atoms with Crippen LogP contribution in [0.4, 0.5) is 5.69 Å². The Bertz CT molecular complexity index is 1250. The van der Waals surface area contributed by atoms with Gasteiger partial charge in [0.25, 0.3) is 5.56 Å². The standard InChI is InChI=1S/C23H21N3O5/c27-12-11-24-19-9-3-2-8-18(19)23(29)31-15-21-25-20-10-4-1-7-17(20)22(28)26(21)14-16-6-5-13-30-16/h1-10,13,24,27H,11-12,14-15H2. The highest BCUT2D eigenvalue weighted by Crippen LogP contribution is 2.17. The molecule has 0 fully saturated rings. The normalized spacial score (nSPS) is 10.9. The van der Waals surface area contributed by atoms with Crippen molar-refractivity contribution in [2.75, 3.05) is 18.5 Å². The Hall–Kier alpha value is -3.91. The van der Waals surface area contributed by atoms with Crippen molar-refractivity contribution in [2.45, 2.75) is 13.2 Å². The lowest BCUT2D eigenvalue weighted by atomic mass is 10.2. The minimum absolute atomic E-state index is 0.0660. The molecule has 0 amide bonds. The van der Waals surface area contributed by atoms with Gasteiger partial charge in [-0.15, -0.1) is 0 Å². The fourth-order valence-corrected chi connectivity index (χ4v) is 3.26. The molecule has 0 bridgehead atoms. The number of nitrogens with zero attached hydrogens (tertiary/aromatic N) is 2. The van der Waals surface area contributed by atoms with Crippen LogP contribution in [0.3, 0.4) is 0 Å². The zero-order chi connectivity index (χ0) is 21.6. The Morgan fingerprint density at radius 2 is 1.90 bits per heavy atom. The van der Waals surface area contributed by atoms with Crippen molar-refractivity contribution >= 4 is 22.6 Å². The molecule has 0 saturated carbocycles. The molecule has 2 N–H and O–H groups in total. The number of hydrogen-bond acceptors (Lipinski definition) is 7. The molecule has 0 radical (unpaired) electrons. The number of furan rings is 1. The molecule has 0 atom stereocenters. The number of rotatable bonds is 8. The van der Waals surface area contributed by atoms with Crippen LogP contribution in [-0.4, -0.2) is 33.8 Å². The van der Waals surface area contributed by atoms with E-state index in [2.05, 4.69) is 10.3 Å². The lowest BCUT2D eigenvalue weighted by Gasteiger charge is -2.14. The summed E-state index contributed by atoms with van der Waals surface area (Å²) in [4.78, 5) is 30.3. The molecule has 0 aliphatic heterocycles. The van der Waals surface area contributed by atoms with Crippen LogP contribution in [0.5, 0.6) is 0 Å². The van der Waals surface area contributed by atoms with Crippen molar-refractivity contribution in [1.29, 1.82) is 0 Å². The molecular weight excluding hydrogens is 398 g/mol. The lowest BCUT2D eigenvalue weighted by molar-refractivity contribution is 0.0458. The van der Waals surface area contributed by atoms with E-state index in [9.17, 15) is 9.59 Å². The van der Waals surface area contributed by atoms with Crippen LogP contribution < -0.4 is 10.9 Å². The number of esters is 1. The third-order valence-electron chi connectivity index (χ3n) is 4.74. The minimum Gasteiger partial charge on any atom is -0.467 e. The summed E-state index contributed by atoms with van der Waals surface area (Å²) in [6.07, 6.45) is 1.53. The molecule has 8 heteroatoms. The van der Waals surface area contributed by atoms with Gasteiger partial charge in [-0.25, -0.2) is 9.78 Å². The van der Waals surface area contributed by atoms with E-state index in [4.69, 9.17) is 14.3 Å². The van der Waals surface area contributed by atoms with E-state index in [1.807, 2.05) is 0 Å². The fraction of sp³-hybridized carbons (Fsp3) is 0.174. The summed E-state index contributed by atoms with van der Waals surface area (Å²) >= 11 is 0. The third-order valence-corrected chi connectivity index (χ3v) is 4.74. The summed E-state index contributed by atoms with van der Waals surface area (Å²) in [5.41, 5.74) is 1.18. The van der Waals surface area contributed by atoms with Gasteiger partial charge in [-0.2, -0.15) is 0 Å². The van der Waals surface area contributed by atoms with Gasteiger partial charge in [0, 0.05) is 12.2 Å². The van der Waals surface area contributed by atoms with E-state index in [-0.39, 0.29) is 25.3 Å². The Balaban J connectivity index is 1.64. The second-order valence-electron chi connectivity index (χ2n) is 6.79. The van der Waals surface area contributed by atoms with Gasteiger partial charge in [0.05, 0.1) is 35.9 Å². The number of fused-ring (bicyclic) bond motifs is 1. The van der Waals surface area contributed by atoms with Gasteiger partial charge in [-0.1, -0.05) is 24.3 Å². The molecule has 8 nitrogen and oxygen atoms in total. The summed E-state index contributed by atoms with van der Waals surface area (Å²) in [7, 11) is 0. The van der Waals surface area contributed by atoms with Crippen LogP contribution in [0.2, 0.25) is 0 Å².